The zero-order valence-corrected chi connectivity index (χ0v) is 13.0. The second kappa shape index (κ2) is 6.91. The van der Waals surface area contributed by atoms with Crippen LogP contribution in [0.2, 0.25) is 0 Å². The van der Waals surface area contributed by atoms with Crippen LogP contribution in [0.15, 0.2) is 18.7 Å². The molecule has 0 N–H and O–H groups in total. The van der Waals surface area contributed by atoms with E-state index in [1.807, 2.05) is 18.7 Å². The van der Waals surface area contributed by atoms with E-state index in [1.54, 1.807) is 0 Å². The van der Waals surface area contributed by atoms with E-state index in [0.717, 1.165) is 38.6 Å². The third-order valence-corrected chi connectivity index (χ3v) is 4.26. The van der Waals surface area contributed by atoms with Gasteiger partial charge >= 0.3 is 0 Å². The molecule has 112 valence electrons. The van der Waals surface area contributed by atoms with E-state index >= 15 is 0 Å². The van der Waals surface area contributed by atoms with Crippen LogP contribution in [0.3, 0.4) is 0 Å². The zero-order valence-electron chi connectivity index (χ0n) is 13.0. The number of nitrogens with zero attached hydrogens (tertiary/aromatic N) is 3. The van der Waals surface area contributed by atoms with Gasteiger partial charge in [-0.05, 0) is 31.6 Å². The molecule has 4 heteroatoms. The monoisotopic (exact) mass is 277 g/mol. The van der Waals surface area contributed by atoms with Crippen LogP contribution < -0.4 is 0 Å². The maximum atomic E-state index is 12.0. The fourth-order valence-electron chi connectivity index (χ4n) is 3.25. The van der Waals surface area contributed by atoms with Gasteiger partial charge in [0.05, 0.1) is 6.33 Å². The number of carbonyl (C=O) groups excluding carboxylic acids is 1. The number of imidazole rings is 1. The molecule has 0 aromatic carbocycles. The normalized spacial score (nSPS) is 18.8. The van der Waals surface area contributed by atoms with Crippen molar-refractivity contribution in [1.82, 2.24) is 14.5 Å². The minimum Gasteiger partial charge on any atom is -0.340 e. The van der Waals surface area contributed by atoms with Gasteiger partial charge in [0.15, 0.2) is 0 Å². The Kier molecular flexibility index (Phi) is 5.21. The Bertz CT molecular complexity index is 413. The number of rotatable bonds is 7. The highest BCUT2D eigenvalue weighted by atomic mass is 16.2. The molecule has 0 bridgehead atoms. The molecule has 20 heavy (non-hydrogen) atoms. The molecule has 2 rings (SSSR count). The largest absolute Gasteiger partial charge is 0.340 e. The van der Waals surface area contributed by atoms with E-state index in [4.69, 9.17) is 0 Å². The molecule has 1 aromatic heterocycles. The Morgan fingerprint density at radius 2 is 2.10 bits per heavy atom. The van der Waals surface area contributed by atoms with Crippen molar-refractivity contribution in [3.63, 3.8) is 0 Å². The molecular weight excluding hydrogens is 250 g/mol. The van der Waals surface area contributed by atoms with Crippen molar-refractivity contribution in [1.29, 1.82) is 0 Å². The van der Waals surface area contributed by atoms with Gasteiger partial charge in [-0.15, -0.1) is 0 Å². The molecule has 2 unspecified atom stereocenters. The molecule has 0 spiro atoms. The van der Waals surface area contributed by atoms with E-state index in [2.05, 4.69) is 35.2 Å². The number of hydrogen-bond acceptors (Lipinski definition) is 2. The van der Waals surface area contributed by atoms with Gasteiger partial charge < -0.3 is 9.47 Å². The van der Waals surface area contributed by atoms with Crippen molar-refractivity contribution < 1.29 is 4.79 Å². The maximum absolute atomic E-state index is 12.0. The lowest BCUT2D eigenvalue weighted by atomic mass is 9.95. The van der Waals surface area contributed by atoms with Gasteiger partial charge in [-0.1, -0.05) is 20.8 Å². The van der Waals surface area contributed by atoms with E-state index in [9.17, 15) is 4.79 Å². The smallest absolute Gasteiger partial charge is 0.222 e. The lowest BCUT2D eigenvalue weighted by molar-refractivity contribution is -0.130. The number of likely N-dealkylation sites (tertiary alicyclic amines) is 1. The van der Waals surface area contributed by atoms with Crippen molar-refractivity contribution in [2.24, 2.45) is 5.92 Å². The fourth-order valence-corrected chi connectivity index (χ4v) is 3.25. The summed E-state index contributed by atoms with van der Waals surface area (Å²) in [5, 5.41) is 0. The number of carbonyl (C=O) groups is 1. The molecule has 2 heterocycles. The first-order valence-corrected chi connectivity index (χ1v) is 7.88. The molecule has 1 aliphatic rings. The Hall–Kier alpha value is -1.32. The first kappa shape index (κ1) is 15.1. The van der Waals surface area contributed by atoms with Crippen LogP contribution in [-0.4, -0.2) is 32.9 Å². The lowest BCUT2D eigenvalue weighted by Crippen LogP contribution is -2.37. The second-order valence-corrected chi connectivity index (χ2v) is 6.28. The first-order chi connectivity index (χ1) is 9.61. The van der Waals surface area contributed by atoms with E-state index in [0.29, 0.717) is 23.9 Å². The minimum atomic E-state index is 0.339. The standard InChI is InChI=1S/C16H27N3O/c1-4-14(19-8-5-6-16(19)20)11-15(10-13(2)3)18-9-7-17-12-18/h7,9,12-15H,4-6,8,10-11H2,1-3H3. The average molecular weight is 277 g/mol. The van der Waals surface area contributed by atoms with E-state index < -0.39 is 0 Å². The van der Waals surface area contributed by atoms with E-state index in [1.165, 1.54) is 0 Å². The van der Waals surface area contributed by atoms with Crippen LogP contribution in [0.4, 0.5) is 0 Å². The van der Waals surface area contributed by atoms with Gasteiger partial charge in [-0.2, -0.15) is 0 Å². The third kappa shape index (κ3) is 3.62. The molecule has 1 saturated heterocycles. The summed E-state index contributed by atoms with van der Waals surface area (Å²) >= 11 is 0. The predicted molar refractivity (Wildman–Crippen MR) is 80.4 cm³/mol. The Balaban J connectivity index is 2.07. The molecule has 0 radical (unpaired) electrons. The predicted octanol–water partition coefficient (Wildman–Crippen LogP) is 3.26. The Labute approximate surface area is 122 Å². The van der Waals surface area contributed by atoms with Crippen molar-refractivity contribution in [3.05, 3.63) is 18.7 Å². The van der Waals surface area contributed by atoms with Gasteiger partial charge in [0.2, 0.25) is 5.91 Å². The number of hydrogen-bond donors (Lipinski definition) is 0. The van der Waals surface area contributed by atoms with Gasteiger partial charge in [0.25, 0.3) is 0 Å². The molecule has 4 nitrogen and oxygen atoms in total. The highest BCUT2D eigenvalue weighted by Crippen LogP contribution is 2.28. The fraction of sp³-hybridized carbons (Fsp3) is 0.750. The van der Waals surface area contributed by atoms with Gasteiger partial charge in [0, 0.05) is 37.4 Å². The zero-order chi connectivity index (χ0) is 14.5. The maximum Gasteiger partial charge on any atom is 0.222 e. The Morgan fingerprint density at radius 3 is 2.60 bits per heavy atom. The minimum absolute atomic E-state index is 0.339. The summed E-state index contributed by atoms with van der Waals surface area (Å²) in [6, 6.07) is 0.812. The van der Waals surface area contributed by atoms with Gasteiger partial charge in [-0.3, -0.25) is 4.79 Å². The van der Waals surface area contributed by atoms with Gasteiger partial charge in [-0.25, -0.2) is 4.98 Å². The van der Waals surface area contributed by atoms with Gasteiger partial charge in [0.1, 0.15) is 0 Å². The molecule has 1 aliphatic heterocycles. The molecule has 0 aliphatic carbocycles. The quantitative estimate of drug-likeness (QED) is 0.767. The van der Waals surface area contributed by atoms with Crippen LogP contribution in [0.1, 0.15) is 58.9 Å². The molecule has 1 fully saturated rings. The molecule has 2 atom stereocenters. The van der Waals surface area contributed by atoms with Crippen molar-refractivity contribution in [2.75, 3.05) is 6.54 Å². The summed E-state index contributed by atoms with van der Waals surface area (Å²) < 4.78 is 2.21. The SMILES string of the molecule is CCC(CC(CC(C)C)n1ccnc1)N1CCCC1=O. The molecule has 1 amide bonds. The summed E-state index contributed by atoms with van der Waals surface area (Å²) in [5.41, 5.74) is 0. The number of amides is 1. The third-order valence-electron chi connectivity index (χ3n) is 4.26. The average Bonchev–Trinajstić information content (AvgIpc) is 3.05. The highest BCUT2D eigenvalue weighted by Gasteiger charge is 2.29. The van der Waals surface area contributed by atoms with Crippen LogP contribution in [0, 0.1) is 5.92 Å². The van der Waals surface area contributed by atoms with E-state index in [-0.39, 0.29) is 0 Å². The van der Waals surface area contributed by atoms with Crippen LogP contribution in [0.5, 0.6) is 0 Å². The van der Waals surface area contributed by atoms with Crippen LogP contribution in [0.25, 0.3) is 0 Å². The van der Waals surface area contributed by atoms with Crippen LogP contribution in [-0.2, 0) is 4.79 Å². The molecular formula is C16H27N3O. The molecule has 1 aromatic rings. The van der Waals surface area contributed by atoms with Crippen molar-refractivity contribution >= 4 is 5.91 Å². The van der Waals surface area contributed by atoms with Crippen molar-refractivity contribution in [2.45, 2.75) is 65.0 Å². The van der Waals surface area contributed by atoms with Crippen LogP contribution >= 0.6 is 0 Å². The summed E-state index contributed by atoms with van der Waals surface area (Å²) in [6.45, 7) is 7.64. The molecule has 0 saturated carbocycles. The second-order valence-electron chi connectivity index (χ2n) is 6.28. The lowest BCUT2D eigenvalue weighted by Gasteiger charge is -2.31. The highest BCUT2D eigenvalue weighted by molar-refractivity contribution is 5.78. The summed E-state index contributed by atoms with van der Waals surface area (Å²) in [7, 11) is 0. The topological polar surface area (TPSA) is 38.1 Å². The summed E-state index contributed by atoms with van der Waals surface area (Å²) in [6.07, 6.45) is 10.8. The summed E-state index contributed by atoms with van der Waals surface area (Å²) in [5.74, 6) is 0.986. The van der Waals surface area contributed by atoms with Crippen molar-refractivity contribution in [3.8, 4) is 0 Å². The first-order valence-electron chi connectivity index (χ1n) is 7.88. The number of aromatic nitrogens is 2. The Morgan fingerprint density at radius 1 is 1.30 bits per heavy atom. The summed E-state index contributed by atoms with van der Waals surface area (Å²) in [4.78, 5) is 18.3.